The van der Waals surface area contributed by atoms with E-state index in [0.29, 0.717) is 0 Å². The first-order valence-electron chi connectivity index (χ1n) is 16.9. The Morgan fingerprint density at radius 3 is 1.52 bits per heavy atom. The lowest BCUT2D eigenvalue weighted by molar-refractivity contribution is 1.12. The number of aromatic nitrogens is 4. The van der Waals surface area contributed by atoms with Crippen LogP contribution in [-0.4, -0.2) is 19.1 Å². The van der Waals surface area contributed by atoms with Crippen LogP contribution in [0.15, 0.2) is 182 Å². The van der Waals surface area contributed by atoms with E-state index in [1.807, 2.05) is 24.4 Å². The van der Waals surface area contributed by atoms with Crippen LogP contribution in [0.2, 0.25) is 0 Å². The van der Waals surface area contributed by atoms with Gasteiger partial charge in [-0.25, -0.2) is 9.97 Å². The molecule has 10 rings (SSSR count). The van der Waals surface area contributed by atoms with Gasteiger partial charge >= 0.3 is 0 Å². The molecule has 0 fully saturated rings. The van der Waals surface area contributed by atoms with Gasteiger partial charge in [0.1, 0.15) is 5.65 Å². The van der Waals surface area contributed by atoms with E-state index in [2.05, 4.69) is 167 Å². The van der Waals surface area contributed by atoms with Gasteiger partial charge < -0.3 is 4.57 Å². The third kappa shape index (κ3) is 4.54. The maximum absolute atomic E-state index is 5.13. The van der Waals surface area contributed by atoms with E-state index in [1.54, 1.807) is 0 Å². The zero-order chi connectivity index (χ0) is 33.0. The van der Waals surface area contributed by atoms with Crippen molar-refractivity contribution in [3.63, 3.8) is 0 Å². The van der Waals surface area contributed by atoms with Crippen LogP contribution in [0.5, 0.6) is 0 Å². The predicted octanol–water partition coefficient (Wildman–Crippen LogP) is 11.7. The Kier molecular flexibility index (Phi) is 6.46. The molecular weight excluding hydrogens is 609 g/mol. The van der Waals surface area contributed by atoms with Crippen LogP contribution in [-0.2, 0) is 0 Å². The molecule has 234 valence electrons. The van der Waals surface area contributed by atoms with Gasteiger partial charge in [-0.3, -0.25) is 4.57 Å². The Balaban J connectivity index is 1.17. The lowest BCUT2D eigenvalue weighted by atomic mass is 10.0. The summed E-state index contributed by atoms with van der Waals surface area (Å²) in [6.07, 6.45) is 1.88. The molecule has 0 amide bonds. The van der Waals surface area contributed by atoms with Crippen LogP contribution in [0.1, 0.15) is 0 Å². The third-order valence-corrected chi connectivity index (χ3v) is 9.75. The lowest BCUT2D eigenvalue weighted by Crippen LogP contribution is -1.99. The fourth-order valence-electron chi connectivity index (χ4n) is 7.45. The molecule has 0 aliphatic heterocycles. The summed E-state index contributed by atoms with van der Waals surface area (Å²) >= 11 is 0. The fraction of sp³-hybridized carbons (Fsp3) is 0. The molecule has 0 saturated heterocycles. The number of rotatable bonds is 5. The van der Waals surface area contributed by atoms with Gasteiger partial charge in [0.05, 0.1) is 33.6 Å². The van der Waals surface area contributed by atoms with Crippen molar-refractivity contribution >= 4 is 43.7 Å². The molecule has 0 unspecified atom stereocenters. The van der Waals surface area contributed by atoms with Gasteiger partial charge in [0.15, 0.2) is 0 Å². The molecule has 0 bridgehead atoms. The van der Waals surface area contributed by atoms with E-state index in [-0.39, 0.29) is 0 Å². The van der Waals surface area contributed by atoms with Crippen molar-refractivity contribution in [1.82, 2.24) is 19.1 Å². The summed E-state index contributed by atoms with van der Waals surface area (Å²) in [6.45, 7) is 0. The molecule has 4 heterocycles. The van der Waals surface area contributed by atoms with Gasteiger partial charge in [-0.15, -0.1) is 0 Å². The number of nitrogens with zero attached hydrogens (tertiary/aromatic N) is 4. The molecule has 0 saturated carbocycles. The summed E-state index contributed by atoms with van der Waals surface area (Å²) in [7, 11) is 0. The summed E-state index contributed by atoms with van der Waals surface area (Å²) < 4.78 is 4.64. The highest BCUT2D eigenvalue weighted by molar-refractivity contribution is 6.12. The number of pyridine rings is 2. The molecule has 0 aliphatic carbocycles. The van der Waals surface area contributed by atoms with E-state index in [1.165, 1.54) is 32.9 Å². The van der Waals surface area contributed by atoms with Crippen LogP contribution in [0, 0.1) is 0 Å². The van der Waals surface area contributed by atoms with Gasteiger partial charge in [0.25, 0.3) is 0 Å². The topological polar surface area (TPSA) is 35.6 Å². The van der Waals surface area contributed by atoms with E-state index < -0.39 is 0 Å². The minimum atomic E-state index is 0.922. The van der Waals surface area contributed by atoms with Gasteiger partial charge in [0.2, 0.25) is 0 Å². The van der Waals surface area contributed by atoms with Crippen molar-refractivity contribution in [1.29, 1.82) is 0 Å². The molecular formula is C46H30N4. The Bertz CT molecular complexity index is 2790. The Morgan fingerprint density at radius 2 is 0.860 bits per heavy atom. The molecule has 4 aromatic heterocycles. The minimum absolute atomic E-state index is 0.922. The molecule has 4 heteroatoms. The van der Waals surface area contributed by atoms with Crippen molar-refractivity contribution in [2.24, 2.45) is 0 Å². The SMILES string of the molecule is c1ccc(-c2cc(-n3c4ccc(-c5ccc6c(c5)c5ccccc5n6-c5ccccc5)cc4c4cccnc43)cc(-c3ccccc3)n2)cc1. The van der Waals surface area contributed by atoms with Crippen molar-refractivity contribution < 1.29 is 0 Å². The van der Waals surface area contributed by atoms with Crippen LogP contribution in [0.3, 0.4) is 0 Å². The highest BCUT2D eigenvalue weighted by atomic mass is 15.0. The number of fused-ring (bicyclic) bond motifs is 6. The minimum Gasteiger partial charge on any atom is -0.309 e. The van der Waals surface area contributed by atoms with E-state index in [4.69, 9.17) is 9.97 Å². The molecule has 0 radical (unpaired) electrons. The Hall–Kier alpha value is -6.78. The normalized spacial score (nSPS) is 11.6. The van der Waals surface area contributed by atoms with Gasteiger partial charge in [-0.1, -0.05) is 109 Å². The average molecular weight is 639 g/mol. The van der Waals surface area contributed by atoms with Gasteiger partial charge in [-0.2, -0.15) is 0 Å². The first-order chi connectivity index (χ1) is 24.8. The van der Waals surface area contributed by atoms with Crippen molar-refractivity contribution in [2.75, 3.05) is 0 Å². The average Bonchev–Trinajstić information content (AvgIpc) is 3.71. The van der Waals surface area contributed by atoms with Crippen molar-refractivity contribution in [2.45, 2.75) is 0 Å². The smallest absolute Gasteiger partial charge is 0.145 e. The highest BCUT2D eigenvalue weighted by Crippen LogP contribution is 2.38. The van der Waals surface area contributed by atoms with E-state index >= 15 is 0 Å². The van der Waals surface area contributed by atoms with Crippen molar-refractivity contribution in [3.05, 3.63) is 182 Å². The molecule has 0 spiro atoms. The third-order valence-electron chi connectivity index (χ3n) is 9.75. The van der Waals surface area contributed by atoms with Crippen LogP contribution < -0.4 is 0 Å². The number of para-hydroxylation sites is 2. The summed E-state index contributed by atoms with van der Waals surface area (Å²) in [5.74, 6) is 0. The van der Waals surface area contributed by atoms with Gasteiger partial charge in [0, 0.05) is 44.6 Å². The first-order valence-corrected chi connectivity index (χ1v) is 16.9. The van der Waals surface area contributed by atoms with E-state index in [0.717, 1.165) is 55.8 Å². The fourth-order valence-corrected chi connectivity index (χ4v) is 7.45. The molecule has 10 aromatic rings. The van der Waals surface area contributed by atoms with Crippen LogP contribution in [0.4, 0.5) is 0 Å². The Labute approximate surface area is 289 Å². The predicted molar refractivity (Wildman–Crippen MR) is 207 cm³/mol. The second kappa shape index (κ2) is 11.4. The van der Waals surface area contributed by atoms with Crippen LogP contribution in [0.25, 0.3) is 88.8 Å². The summed E-state index contributed by atoms with van der Waals surface area (Å²) in [6, 6.07) is 62.3. The number of hydrogen-bond acceptors (Lipinski definition) is 2. The quantitative estimate of drug-likeness (QED) is 0.188. The maximum atomic E-state index is 5.13. The second-order valence-corrected chi connectivity index (χ2v) is 12.7. The lowest BCUT2D eigenvalue weighted by Gasteiger charge is -2.13. The number of benzene rings is 6. The second-order valence-electron chi connectivity index (χ2n) is 12.7. The molecule has 6 aromatic carbocycles. The number of hydrogen-bond donors (Lipinski definition) is 0. The molecule has 50 heavy (non-hydrogen) atoms. The van der Waals surface area contributed by atoms with E-state index in [9.17, 15) is 0 Å². The standard InChI is InChI=1S/C46H30N4/c1-4-13-31(14-5-1)41-29-36(30-42(48-41)32-15-6-2-7-16-32)50-45-25-23-34(28-40(45)38-20-12-26-47-46(38)50)33-22-24-44-39(27-33)37-19-10-11-21-43(37)49(44)35-17-8-3-9-18-35/h1-30H. The molecule has 0 aliphatic rings. The highest BCUT2D eigenvalue weighted by Gasteiger charge is 2.18. The summed E-state index contributed by atoms with van der Waals surface area (Å²) in [5.41, 5.74) is 13.0. The van der Waals surface area contributed by atoms with Gasteiger partial charge in [-0.05, 0) is 77.9 Å². The molecule has 0 atom stereocenters. The monoisotopic (exact) mass is 638 g/mol. The summed E-state index contributed by atoms with van der Waals surface area (Å²) in [5, 5.41) is 4.77. The zero-order valence-electron chi connectivity index (χ0n) is 27.1. The van der Waals surface area contributed by atoms with Crippen LogP contribution >= 0.6 is 0 Å². The van der Waals surface area contributed by atoms with Crippen molar-refractivity contribution in [3.8, 4) is 45.0 Å². The maximum Gasteiger partial charge on any atom is 0.145 e. The zero-order valence-corrected chi connectivity index (χ0v) is 27.1. The Morgan fingerprint density at radius 1 is 0.340 bits per heavy atom. The molecule has 0 N–H and O–H groups in total. The summed E-state index contributed by atoms with van der Waals surface area (Å²) in [4.78, 5) is 10.1. The first kappa shape index (κ1) is 28.3. The molecule has 4 nitrogen and oxygen atoms in total. The largest absolute Gasteiger partial charge is 0.309 e.